The summed E-state index contributed by atoms with van der Waals surface area (Å²) >= 11 is 0. The topological polar surface area (TPSA) is 0 Å². The van der Waals surface area contributed by atoms with Crippen molar-refractivity contribution >= 4 is 0 Å². The smallest absolute Gasteiger partial charge is 0.0162 e. The minimum atomic E-state index is 0.904. The SMILES string of the molecule is CCC1CCC2=C1C=CCC2. The van der Waals surface area contributed by atoms with Crippen LogP contribution < -0.4 is 0 Å². The molecule has 0 N–H and O–H groups in total. The molecular formula is C11H16. The third kappa shape index (κ3) is 1.15. The second-order valence-corrected chi connectivity index (χ2v) is 3.64. The fourth-order valence-electron chi connectivity index (χ4n) is 2.35. The van der Waals surface area contributed by atoms with Crippen LogP contribution in [0.1, 0.15) is 39.0 Å². The summed E-state index contributed by atoms with van der Waals surface area (Å²) in [6.45, 7) is 2.31. The molecule has 0 bridgehead atoms. The lowest BCUT2D eigenvalue weighted by molar-refractivity contribution is 0.594. The molecule has 2 aliphatic carbocycles. The Hall–Kier alpha value is -0.520. The van der Waals surface area contributed by atoms with Crippen LogP contribution in [0.15, 0.2) is 23.3 Å². The highest BCUT2D eigenvalue weighted by Gasteiger charge is 2.22. The van der Waals surface area contributed by atoms with Crippen LogP contribution in [0.4, 0.5) is 0 Å². The molecule has 11 heavy (non-hydrogen) atoms. The first-order chi connectivity index (χ1) is 5.42. The molecule has 1 atom stereocenters. The van der Waals surface area contributed by atoms with Crippen molar-refractivity contribution in [3.05, 3.63) is 23.3 Å². The van der Waals surface area contributed by atoms with Crippen molar-refractivity contribution in [2.75, 3.05) is 0 Å². The first-order valence-electron chi connectivity index (χ1n) is 4.80. The zero-order valence-corrected chi connectivity index (χ0v) is 7.27. The number of allylic oxidation sites excluding steroid dienone is 4. The summed E-state index contributed by atoms with van der Waals surface area (Å²) in [4.78, 5) is 0. The van der Waals surface area contributed by atoms with E-state index in [1.165, 1.54) is 32.1 Å². The van der Waals surface area contributed by atoms with Gasteiger partial charge in [-0.3, -0.25) is 0 Å². The Morgan fingerprint density at radius 3 is 3.18 bits per heavy atom. The highest BCUT2D eigenvalue weighted by Crippen LogP contribution is 2.39. The lowest BCUT2D eigenvalue weighted by Gasteiger charge is -2.12. The molecule has 0 radical (unpaired) electrons. The summed E-state index contributed by atoms with van der Waals surface area (Å²) < 4.78 is 0. The highest BCUT2D eigenvalue weighted by molar-refractivity contribution is 5.35. The summed E-state index contributed by atoms with van der Waals surface area (Å²) in [5, 5.41) is 0. The van der Waals surface area contributed by atoms with Crippen LogP contribution in [0.3, 0.4) is 0 Å². The van der Waals surface area contributed by atoms with Crippen molar-refractivity contribution in [1.29, 1.82) is 0 Å². The van der Waals surface area contributed by atoms with Gasteiger partial charge in [0.2, 0.25) is 0 Å². The minimum absolute atomic E-state index is 0.904. The zero-order valence-electron chi connectivity index (χ0n) is 7.27. The first-order valence-corrected chi connectivity index (χ1v) is 4.80. The number of hydrogen-bond donors (Lipinski definition) is 0. The van der Waals surface area contributed by atoms with E-state index in [0.29, 0.717) is 0 Å². The average molecular weight is 148 g/mol. The number of hydrogen-bond acceptors (Lipinski definition) is 0. The molecule has 2 aliphatic rings. The van der Waals surface area contributed by atoms with Gasteiger partial charge in [-0.2, -0.15) is 0 Å². The van der Waals surface area contributed by atoms with Crippen molar-refractivity contribution < 1.29 is 0 Å². The normalized spacial score (nSPS) is 29.4. The monoisotopic (exact) mass is 148 g/mol. The van der Waals surface area contributed by atoms with E-state index in [0.717, 1.165) is 5.92 Å². The van der Waals surface area contributed by atoms with Gasteiger partial charge in [-0.05, 0) is 43.6 Å². The van der Waals surface area contributed by atoms with Crippen LogP contribution in [0.5, 0.6) is 0 Å². The maximum atomic E-state index is 2.38. The summed E-state index contributed by atoms with van der Waals surface area (Å²) in [5.41, 5.74) is 3.46. The van der Waals surface area contributed by atoms with Crippen molar-refractivity contribution in [2.24, 2.45) is 5.92 Å². The predicted octanol–water partition coefficient (Wildman–Crippen LogP) is 3.45. The molecule has 60 valence electrons. The van der Waals surface area contributed by atoms with Gasteiger partial charge in [0.05, 0.1) is 0 Å². The Bertz CT molecular complexity index is 208. The van der Waals surface area contributed by atoms with Gasteiger partial charge < -0.3 is 0 Å². The average Bonchev–Trinajstić information content (AvgIpc) is 2.47. The maximum Gasteiger partial charge on any atom is -0.0162 e. The quantitative estimate of drug-likeness (QED) is 0.534. The standard InChI is InChI=1S/C11H16/c1-2-9-7-8-10-5-3-4-6-11(9)10/h4,6,9H,2-3,5,7-8H2,1H3. The van der Waals surface area contributed by atoms with E-state index in [-0.39, 0.29) is 0 Å². The third-order valence-electron chi connectivity index (χ3n) is 3.05. The van der Waals surface area contributed by atoms with E-state index < -0.39 is 0 Å². The summed E-state index contributed by atoms with van der Waals surface area (Å²) in [7, 11) is 0. The van der Waals surface area contributed by atoms with Crippen LogP contribution in [0.25, 0.3) is 0 Å². The van der Waals surface area contributed by atoms with E-state index in [4.69, 9.17) is 0 Å². The molecule has 0 aromatic carbocycles. The van der Waals surface area contributed by atoms with Crippen LogP contribution in [0.2, 0.25) is 0 Å². The fourth-order valence-corrected chi connectivity index (χ4v) is 2.35. The van der Waals surface area contributed by atoms with Gasteiger partial charge in [-0.25, -0.2) is 0 Å². The molecule has 0 aromatic heterocycles. The van der Waals surface area contributed by atoms with Gasteiger partial charge in [-0.15, -0.1) is 0 Å². The molecule has 2 rings (SSSR count). The summed E-state index contributed by atoms with van der Waals surface area (Å²) in [5.74, 6) is 0.904. The van der Waals surface area contributed by atoms with Gasteiger partial charge in [0.15, 0.2) is 0 Å². The molecule has 0 aromatic rings. The van der Waals surface area contributed by atoms with Gasteiger partial charge in [0.1, 0.15) is 0 Å². The Labute approximate surface area is 69.0 Å². The predicted molar refractivity (Wildman–Crippen MR) is 48.4 cm³/mol. The van der Waals surface area contributed by atoms with Crippen molar-refractivity contribution in [1.82, 2.24) is 0 Å². The summed E-state index contributed by atoms with van der Waals surface area (Å²) in [6.07, 6.45) is 11.5. The third-order valence-corrected chi connectivity index (χ3v) is 3.05. The molecule has 1 unspecified atom stereocenters. The van der Waals surface area contributed by atoms with E-state index >= 15 is 0 Å². The molecule has 0 spiro atoms. The Kier molecular flexibility index (Phi) is 1.85. The molecule has 0 nitrogen and oxygen atoms in total. The van der Waals surface area contributed by atoms with Gasteiger partial charge in [-0.1, -0.05) is 24.6 Å². The first kappa shape index (κ1) is 7.15. The lowest BCUT2D eigenvalue weighted by atomic mass is 9.94. The maximum absolute atomic E-state index is 2.38. The molecule has 0 heteroatoms. The molecular weight excluding hydrogens is 132 g/mol. The number of rotatable bonds is 1. The minimum Gasteiger partial charge on any atom is -0.0839 e. The molecule has 0 amide bonds. The Morgan fingerprint density at radius 1 is 1.45 bits per heavy atom. The molecule has 0 saturated carbocycles. The van der Waals surface area contributed by atoms with Crippen LogP contribution in [-0.2, 0) is 0 Å². The Balaban J connectivity index is 2.22. The molecule has 0 aliphatic heterocycles. The molecule has 0 fully saturated rings. The fraction of sp³-hybridized carbons (Fsp3) is 0.636. The largest absolute Gasteiger partial charge is 0.0839 e. The van der Waals surface area contributed by atoms with Crippen molar-refractivity contribution in [2.45, 2.75) is 39.0 Å². The summed E-state index contributed by atoms with van der Waals surface area (Å²) in [6, 6.07) is 0. The van der Waals surface area contributed by atoms with Crippen molar-refractivity contribution in [3.63, 3.8) is 0 Å². The molecule has 0 heterocycles. The van der Waals surface area contributed by atoms with E-state index in [9.17, 15) is 0 Å². The van der Waals surface area contributed by atoms with E-state index in [2.05, 4.69) is 19.1 Å². The second-order valence-electron chi connectivity index (χ2n) is 3.64. The molecule has 0 saturated heterocycles. The van der Waals surface area contributed by atoms with Crippen LogP contribution >= 0.6 is 0 Å². The lowest BCUT2D eigenvalue weighted by Crippen LogP contribution is -1.96. The van der Waals surface area contributed by atoms with Gasteiger partial charge in [0, 0.05) is 0 Å². The highest BCUT2D eigenvalue weighted by atomic mass is 14.3. The second kappa shape index (κ2) is 2.84. The van der Waals surface area contributed by atoms with E-state index in [1.807, 2.05) is 0 Å². The van der Waals surface area contributed by atoms with Gasteiger partial charge in [0.25, 0.3) is 0 Å². The van der Waals surface area contributed by atoms with Gasteiger partial charge >= 0.3 is 0 Å². The van der Waals surface area contributed by atoms with Crippen LogP contribution in [0, 0.1) is 5.92 Å². The van der Waals surface area contributed by atoms with Crippen molar-refractivity contribution in [3.8, 4) is 0 Å². The van der Waals surface area contributed by atoms with E-state index in [1.54, 1.807) is 11.1 Å². The van der Waals surface area contributed by atoms with Crippen LogP contribution in [-0.4, -0.2) is 0 Å². The zero-order chi connectivity index (χ0) is 7.68. The Morgan fingerprint density at radius 2 is 2.36 bits per heavy atom.